The second kappa shape index (κ2) is 9.75. The number of guanidine groups is 1. The van der Waals surface area contributed by atoms with Crippen LogP contribution in [0, 0.1) is 11.3 Å². The number of hydrogen-bond donors (Lipinski definition) is 4. The van der Waals surface area contributed by atoms with Crippen molar-refractivity contribution in [2.24, 2.45) is 10.7 Å². The number of morpholine rings is 1. The number of aryl methyl sites for hydroxylation is 1. The first-order chi connectivity index (χ1) is 11.7. The van der Waals surface area contributed by atoms with Gasteiger partial charge in [-0.05, 0) is 25.8 Å². The van der Waals surface area contributed by atoms with Crippen molar-refractivity contribution >= 4 is 11.8 Å². The molecular weight excluding hydrogens is 308 g/mol. The average Bonchev–Trinajstić information content (AvgIpc) is 2.96. The number of H-pyrrole nitrogens is 1. The SMILES string of the molecule is N#Cc1c(N)n[nH]c1CCCN=C(N)NCCCN1CCOCC1. The fraction of sp³-hybridized carbons (Fsp3) is 0.667. The topological polar surface area (TPSA) is 141 Å². The molecule has 1 aromatic heterocycles. The Labute approximate surface area is 142 Å². The lowest BCUT2D eigenvalue weighted by Crippen LogP contribution is -2.39. The Morgan fingerprint density at radius 2 is 2.21 bits per heavy atom. The Hall–Kier alpha value is -2.31. The summed E-state index contributed by atoms with van der Waals surface area (Å²) in [6, 6.07) is 2.05. The Balaban J connectivity index is 1.57. The number of nitrogen functional groups attached to an aromatic ring is 1. The van der Waals surface area contributed by atoms with Crippen LogP contribution in [0.2, 0.25) is 0 Å². The molecule has 0 radical (unpaired) electrons. The maximum atomic E-state index is 8.99. The third-order valence-corrected chi connectivity index (χ3v) is 3.91. The van der Waals surface area contributed by atoms with E-state index in [1.165, 1.54) is 0 Å². The summed E-state index contributed by atoms with van der Waals surface area (Å²) in [5.41, 5.74) is 12.6. The molecule has 1 aliphatic rings. The smallest absolute Gasteiger partial charge is 0.188 e. The molecule has 1 aliphatic heterocycles. The van der Waals surface area contributed by atoms with Crippen LogP contribution in [0.5, 0.6) is 0 Å². The van der Waals surface area contributed by atoms with E-state index < -0.39 is 0 Å². The van der Waals surface area contributed by atoms with E-state index in [9.17, 15) is 0 Å². The van der Waals surface area contributed by atoms with Gasteiger partial charge in [-0.1, -0.05) is 0 Å². The van der Waals surface area contributed by atoms with Crippen molar-refractivity contribution in [2.45, 2.75) is 19.3 Å². The summed E-state index contributed by atoms with van der Waals surface area (Å²) in [4.78, 5) is 6.68. The van der Waals surface area contributed by atoms with Crippen LogP contribution in [-0.2, 0) is 11.2 Å². The van der Waals surface area contributed by atoms with Gasteiger partial charge in [-0.15, -0.1) is 0 Å². The van der Waals surface area contributed by atoms with Crippen molar-refractivity contribution in [1.29, 1.82) is 5.26 Å². The summed E-state index contributed by atoms with van der Waals surface area (Å²) < 4.78 is 5.32. The van der Waals surface area contributed by atoms with Gasteiger partial charge in [0.1, 0.15) is 11.6 Å². The van der Waals surface area contributed by atoms with E-state index in [0.717, 1.165) is 57.9 Å². The molecule has 6 N–H and O–H groups in total. The zero-order valence-corrected chi connectivity index (χ0v) is 13.9. The minimum Gasteiger partial charge on any atom is -0.381 e. The Morgan fingerprint density at radius 3 is 2.96 bits per heavy atom. The predicted molar refractivity (Wildman–Crippen MR) is 92.4 cm³/mol. The van der Waals surface area contributed by atoms with E-state index >= 15 is 0 Å². The molecular formula is C15H26N8O. The number of nitrogens with one attached hydrogen (secondary N) is 2. The van der Waals surface area contributed by atoms with Gasteiger partial charge in [0, 0.05) is 26.2 Å². The van der Waals surface area contributed by atoms with Crippen molar-refractivity contribution in [1.82, 2.24) is 20.4 Å². The number of rotatable bonds is 8. The molecule has 0 aromatic carbocycles. The summed E-state index contributed by atoms with van der Waals surface area (Å²) >= 11 is 0. The standard InChI is InChI=1S/C15H26N8O/c16-11-12-13(21-22-14(12)17)3-1-4-19-15(18)20-5-2-6-23-7-9-24-10-8-23/h1-10H2,(H3,17,21,22)(H3,18,19,20). The van der Waals surface area contributed by atoms with Crippen LogP contribution in [-0.4, -0.2) is 67.0 Å². The second-order valence-corrected chi connectivity index (χ2v) is 5.68. The van der Waals surface area contributed by atoms with Gasteiger partial charge in [-0.2, -0.15) is 10.4 Å². The lowest BCUT2D eigenvalue weighted by molar-refractivity contribution is 0.0376. The summed E-state index contributed by atoms with van der Waals surface area (Å²) in [5.74, 6) is 0.707. The maximum Gasteiger partial charge on any atom is 0.188 e. The van der Waals surface area contributed by atoms with E-state index in [0.29, 0.717) is 24.5 Å². The first-order valence-corrected chi connectivity index (χ1v) is 8.27. The van der Waals surface area contributed by atoms with E-state index in [4.69, 9.17) is 21.5 Å². The lowest BCUT2D eigenvalue weighted by atomic mass is 10.1. The van der Waals surface area contributed by atoms with Gasteiger partial charge < -0.3 is 21.5 Å². The number of nitriles is 1. The Morgan fingerprint density at radius 1 is 1.42 bits per heavy atom. The third kappa shape index (κ3) is 5.72. The monoisotopic (exact) mass is 334 g/mol. The van der Waals surface area contributed by atoms with Crippen molar-refractivity contribution in [3.05, 3.63) is 11.3 Å². The van der Waals surface area contributed by atoms with E-state index in [1.54, 1.807) is 0 Å². The fourth-order valence-corrected chi connectivity index (χ4v) is 2.55. The summed E-state index contributed by atoms with van der Waals surface area (Å²) in [6.45, 7) is 6.11. The molecule has 0 unspecified atom stereocenters. The number of hydrogen-bond acceptors (Lipinski definition) is 6. The highest BCUT2D eigenvalue weighted by Crippen LogP contribution is 2.13. The molecule has 0 aliphatic carbocycles. The van der Waals surface area contributed by atoms with Crippen LogP contribution in [0.15, 0.2) is 4.99 Å². The fourth-order valence-electron chi connectivity index (χ4n) is 2.55. The van der Waals surface area contributed by atoms with E-state index in [2.05, 4.69) is 31.5 Å². The second-order valence-electron chi connectivity index (χ2n) is 5.68. The number of nitrogens with zero attached hydrogens (tertiary/aromatic N) is 4. The molecule has 1 saturated heterocycles. The molecule has 24 heavy (non-hydrogen) atoms. The molecule has 0 amide bonds. The zero-order chi connectivity index (χ0) is 17.2. The van der Waals surface area contributed by atoms with Gasteiger partial charge in [0.05, 0.1) is 18.9 Å². The van der Waals surface area contributed by atoms with Crippen molar-refractivity contribution in [3.63, 3.8) is 0 Å². The maximum absolute atomic E-state index is 8.99. The highest BCUT2D eigenvalue weighted by atomic mass is 16.5. The quantitative estimate of drug-likeness (QED) is 0.283. The normalized spacial score (nSPS) is 16.0. The minimum absolute atomic E-state index is 0.248. The largest absolute Gasteiger partial charge is 0.381 e. The molecule has 9 heteroatoms. The highest BCUT2D eigenvalue weighted by molar-refractivity contribution is 5.77. The molecule has 2 heterocycles. The number of nitrogens with two attached hydrogens (primary N) is 2. The van der Waals surface area contributed by atoms with Gasteiger partial charge in [-0.25, -0.2) is 0 Å². The van der Waals surface area contributed by atoms with Crippen LogP contribution in [0.25, 0.3) is 0 Å². The first-order valence-electron chi connectivity index (χ1n) is 8.27. The molecule has 1 fully saturated rings. The van der Waals surface area contributed by atoms with Crippen LogP contribution >= 0.6 is 0 Å². The summed E-state index contributed by atoms with van der Waals surface area (Å²) in [5, 5.41) is 18.7. The Kier molecular flexibility index (Phi) is 7.32. The predicted octanol–water partition coefficient (Wildman–Crippen LogP) is -0.577. The summed E-state index contributed by atoms with van der Waals surface area (Å²) in [7, 11) is 0. The van der Waals surface area contributed by atoms with Gasteiger partial charge >= 0.3 is 0 Å². The number of aromatic nitrogens is 2. The number of ether oxygens (including phenoxy) is 1. The van der Waals surface area contributed by atoms with Crippen molar-refractivity contribution in [2.75, 3.05) is 51.7 Å². The molecule has 132 valence electrons. The third-order valence-electron chi connectivity index (χ3n) is 3.91. The lowest BCUT2D eigenvalue weighted by Gasteiger charge is -2.26. The van der Waals surface area contributed by atoms with Crippen LogP contribution in [0.4, 0.5) is 5.82 Å². The number of aliphatic imine (C=N–C) groups is 1. The number of anilines is 1. The zero-order valence-electron chi connectivity index (χ0n) is 13.9. The molecule has 0 spiro atoms. The van der Waals surface area contributed by atoms with Gasteiger partial charge in [0.15, 0.2) is 11.8 Å². The molecule has 2 rings (SSSR count). The van der Waals surface area contributed by atoms with Crippen molar-refractivity contribution < 1.29 is 4.74 Å². The molecule has 1 aromatic rings. The van der Waals surface area contributed by atoms with E-state index in [1.807, 2.05) is 0 Å². The molecule has 0 saturated carbocycles. The Bertz CT molecular complexity index is 571. The molecule has 0 atom stereocenters. The van der Waals surface area contributed by atoms with Gasteiger partial charge in [-0.3, -0.25) is 15.0 Å². The van der Waals surface area contributed by atoms with Crippen LogP contribution in [0.3, 0.4) is 0 Å². The first kappa shape index (κ1) is 18.0. The number of aromatic amines is 1. The molecule has 9 nitrogen and oxygen atoms in total. The van der Waals surface area contributed by atoms with Crippen LogP contribution < -0.4 is 16.8 Å². The van der Waals surface area contributed by atoms with Crippen LogP contribution in [0.1, 0.15) is 24.1 Å². The minimum atomic E-state index is 0.248. The van der Waals surface area contributed by atoms with E-state index in [-0.39, 0.29) is 5.82 Å². The van der Waals surface area contributed by atoms with Gasteiger partial charge in [0.25, 0.3) is 0 Å². The van der Waals surface area contributed by atoms with Gasteiger partial charge in [0.2, 0.25) is 0 Å². The molecule has 0 bridgehead atoms. The van der Waals surface area contributed by atoms with Crippen molar-refractivity contribution in [3.8, 4) is 6.07 Å². The average molecular weight is 334 g/mol. The summed E-state index contributed by atoms with van der Waals surface area (Å²) in [6.07, 6.45) is 2.46. The highest BCUT2D eigenvalue weighted by Gasteiger charge is 2.10.